The Hall–Kier alpha value is -3.87. The molecule has 0 N–H and O–H groups in total. The van der Waals surface area contributed by atoms with Crippen LogP contribution in [0.25, 0.3) is 23.3 Å². The second-order valence-electron chi connectivity index (χ2n) is 20.1. The van der Waals surface area contributed by atoms with Gasteiger partial charge in [0.25, 0.3) is 0 Å². The Morgan fingerprint density at radius 2 is 0.954 bits per heavy atom. The van der Waals surface area contributed by atoms with Crippen LogP contribution in [0, 0.1) is 0 Å². The Kier molecular flexibility index (Phi) is 20.0. The van der Waals surface area contributed by atoms with Crippen molar-refractivity contribution in [3.63, 3.8) is 0 Å². The van der Waals surface area contributed by atoms with Crippen LogP contribution >= 0.6 is 38.5 Å². The van der Waals surface area contributed by atoms with Crippen molar-refractivity contribution in [3.05, 3.63) is 175 Å². The smallest absolute Gasteiger partial charge is 0.0989 e. The van der Waals surface area contributed by atoms with Crippen molar-refractivity contribution in [2.75, 3.05) is 20.9 Å². The predicted molar refractivity (Wildman–Crippen MR) is 304 cm³/mol. The first-order valence-corrected chi connectivity index (χ1v) is 26.1. The Bertz CT molecular complexity index is 2300. The standard InChI is InChI=1S/C27H38N2.C20H22.C10H9Br.C3H7I.CH4/c1-18(2)22-11-9-12-23(19(3)4)26(22)28-15-16-29(17-28)27-24(20(5)6)13-10-14-25(27)21(7)8;1-14-12-16-6-5-7-18(19(16)13-14)15-8-10-17(11-9-15)20(2,3)4;1-7-5-8-3-2-4-10(11)9(8)6-7;1-2-3-4;/h9-16,18-21H,17H2,1-8H3;5-12H,13H2,1-4H3;2-5H,6H2,1H3;2-3H2,1H3;1H4. The molecule has 0 aromatic heterocycles. The predicted octanol–water partition coefficient (Wildman–Crippen LogP) is 19.4. The van der Waals surface area contributed by atoms with Crippen LogP contribution in [0.1, 0.15) is 185 Å². The Morgan fingerprint density at radius 1 is 0.569 bits per heavy atom. The highest BCUT2D eigenvalue weighted by Gasteiger charge is 2.26. The summed E-state index contributed by atoms with van der Waals surface area (Å²) in [5.74, 6) is 2.00. The number of hydrogen-bond acceptors (Lipinski definition) is 2. The van der Waals surface area contributed by atoms with Crippen LogP contribution in [0.2, 0.25) is 0 Å². The second kappa shape index (κ2) is 24.2. The third-order valence-electron chi connectivity index (χ3n) is 12.3. The van der Waals surface area contributed by atoms with E-state index in [1.54, 1.807) is 0 Å². The van der Waals surface area contributed by atoms with Crippen molar-refractivity contribution >= 4 is 62.0 Å². The lowest BCUT2D eigenvalue weighted by molar-refractivity contribution is 0.590. The number of para-hydroxylation sites is 2. The van der Waals surface area contributed by atoms with Gasteiger partial charge in [-0.05, 0) is 134 Å². The summed E-state index contributed by atoms with van der Waals surface area (Å²) < 4.78 is 2.53. The van der Waals surface area contributed by atoms with E-state index in [1.165, 1.54) is 99.0 Å². The van der Waals surface area contributed by atoms with Crippen LogP contribution in [-0.4, -0.2) is 11.1 Å². The van der Waals surface area contributed by atoms with Gasteiger partial charge in [0.2, 0.25) is 0 Å². The number of halogens is 2. The summed E-state index contributed by atoms with van der Waals surface area (Å²) >= 11 is 5.89. The Morgan fingerprint density at radius 3 is 1.34 bits per heavy atom. The van der Waals surface area contributed by atoms with Gasteiger partial charge in [0.15, 0.2) is 0 Å². The van der Waals surface area contributed by atoms with E-state index in [2.05, 4.69) is 267 Å². The van der Waals surface area contributed by atoms with E-state index in [4.69, 9.17) is 0 Å². The number of nitrogens with zero attached hydrogens (tertiary/aromatic N) is 2. The third kappa shape index (κ3) is 13.6. The lowest BCUT2D eigenvalue weighted by atomic mass is 9.85. The van der Waals surface area contributed by atoms with Crippen molar-refractivity contribution in [1.82, 2.24) is 0 Å². The quantitative estimate of drug-likeness (QED) is 0.113. The van der Waals surface area contributed by atoms with Crippen LogP contribution < -0.4 is 9.80 Å². The van der Waals surface area contributed by atoms with Gasteiger partial charge in [-0.15, -0.1) is 0 Å². The maximum atomic E-state index is 3.54. The minimum Gasteiger partial charge on any atom is -0.327 e. The van der Waals surface area contributed by atoms with E-state index in [9.17, 15) is 0 Å². The first-order chi connectivity index (χ1) is 30.4. The SMILES string of the molecule is C.CC(C)c1cccc(C(C)C)c1N1C=CN(c2c(C(C)C)cccc2C(C)C)C1.CC1=Cc2cccc(-c3ccc(C(C)(C)C)cc3)c2C1.CC1=Cc2cccc(Br)c2C1.CCCI. The number of benzene rings is 5. The van der Waals surface area contributed by atoms with Gasteiger partial charge >= 0.3 is 0 Å². The highest BCUT2D eigenvalue weighted by atomic mass is 127. The Labute approximate surface area is 419 Å². The number of anilines is 2. The molecular weight excluding hydrogens is 967 g/mol. The topological polar surface area (TPSA) is 6.48 Å². The molecule has 0 spiro atoms. The molecule has 0 atom stereocenters. The molecule has 0 unspecified atom stereocenters. The minimum absolute atomic E-state index is 0. The molecule has 3 aliphatic rings. The van der Waals surface area contributed by atoms with Crippen molar-refractivity contribution in [2.24, 2.45) is 0 Å². The van der Waals surface area contributed by atoms with Gasteiger partial charge in [0, 0.05) is 28.2 Å². The van der Waals surface area contributed by atoms with E-state index in [-0.39, 0.29) is 12.8 Å². The van der Waals surface area contributed by atoms with Gasteiger partial charge in [0.05, 0.1) is 6.67 Å². The maximum absolute atomic E-state index is 3.54. The molecule has 0 saturated carbocycles. The molecule has 348 valence electrons. The van der Waals surface area contributed by atoms with E-state index >= 15 is 0 Å². The molecule has 1 aliphatic heterocycles. The Balaban J connectivity index is 0.000000221. The van der Waals surface area contributed by atoms with Gasteiger partial charge < -0.3 is 9.80 Å². The summed E-state index contributed by atoms with van der Waals surface area (Å²) in [5, 5.41) is 0. The molecule has 8 rings (SSSR count). The molecule has 0 bridgehead atoms. The normalized spacial score (nSPS) is 13.7. The fraction of sp³-hybridized carbons (Fsp3) is 0.410. The van der Waals surface area contributed by atoms with E-state index < -0.39 is 0 Å². The fourth-order valence-corrected chi connectivity index (χ4v) is 9.36. The third-order valence-corrected chi connectivity index (χ3v) is 14.1. The van der Waals surface area contributed by atoms with Crippen LogP contribution in [0.4, 0.5) is 11.4 Å². The number of allylic oxidation sites excluding steroid dienone is 2. The lowest BCUT2D eigenvalue weighted by Gasteiger charge is -2.31. The average Bonchev–Trinajstić information content (AvgIpc) is 4.01. The zero-order valence-corrected chi connectivity index (χ0v) is 45.3. The molecule has 4 heteroatoms. The molecular formula is C61H80BrIN2. The van der Waals surface area contributed by atoms with Gasteiger partial charge in [-0.1, -0.05) is 243 Å². The molecule has 0 amide bonds. The first-order valence-electron chi connectivity index (χ1n) is 23.7. The van der Waals surface area contributed by atoms with Gasteiger partial charge in [-0.2, -0.15) is 0 Å². The lowest BCUT2D eigenvalue weighted by Crippen LogP contribution is -2.28. The minimum atomic E-state index is 0. The van der Waals surface area contributed by atoms with Crippen LogP contribution in [-0.2, 0) is 18.3 Å². The van der Waals surface area contributed by atoms with Gasteiger partial charge in [-0.25, -0.2) is 0 Å². The number of fused-ring (bicyclic) bond motifs is 2. The highest BCUT2D eigenvalue weighted by molar-refractivity contribution is 14.1. The summed E-state index contributed by atoms with van der Waals surface area (Å²) in [7, 11) is 0. The van der Waals surface area contributed by atoms with Crippen molar-refractivity contribution < 1.29 is 0 Å². The fourth-order valence-electron chi connectivity index (χ4n) is 8.84. The van der Waals surface area contributed by atoms with Crippen LogP contribution in [0.3, 0.4) is 0 Å². The van der Waals surface area contributed by atoms with Crippen molar-refractivity contribution in [1.29, 1.82) is 0 Å². The summed E-state index contributed by atoms with van der Waals surface area (Å²) in [6, 6.07) is 35.7. The van der Waals surface area contributed by atoms with E-state index in [0.29, 0.717) is 23.7 Å². The highest BCUT2D eigenvalue weighted by Crippen LogP contribution is 2.41. The molecule has 1 heterocycles. The van der Waals surface area contributed by atoms with Gasteiger partial charge in [0.1, 0.15) is 0 Å². The van der Waals surface area contributed by atoms with Gasteiger partial charge in [-0.3, -0.25) is 0 Å². The van der Waals surface area contributed by atoms with E-state index in [0.717, 1.165) is 19.5 Å². The summed E-state index contributed by atoms with van der Waals surface area (Å²) in [6.07, 6.45) is 12.6. The van der Waals surface area contributed by atoms with Crippen LogP contribution in [0.15, 0.2) is 125 Å². The van der Waals surface area contributed by atoms with E-state index in [1.807, 2.05) is 0 Å². The molecule has 2 nitrogen and oxygen atoms in total. The maximum Gasteiger partial charge on any atom is 0.0989 e. The first kappa shape index (κ1) is 53.7. The van der Waals surface area contributed by atoms with Crippen LogP contribution in [0.5, 0.6) is 0 Å². The molecule has 5 aromatic carbocycles. The number of rotatable bonds is 8. The second-order valence-corrected chi connectivity index (χ2v) is 22.0. The molecule has 5 aromatic rings. The molecule has 0 radical (unpaired) electrons. The summed E-state index contributed by atoms with van der Waals surface area (Å²) in [5.41, 5.74) is 21.4. The zero-order chi connectivity index (χ0) is 46.9. The van der Waals surface area contributed by atoms with Crippen molar-refractivity contribution in [3.8, 4) is 11.1 Å². The number of hydrogen-bond donors (Lipinski definition) is 0. The summed E-state index contributed by atoms with van der Waals surface area (Å²) in [4.78, 5) is 4.90. The average molecular weight is 1050 g/mol. The molecule has 0 fully saturated rings. The molecule has 0 saturated heterocycles. The van der Waals surface area contributed by atoms with Crippen molar-refractivity contribution in [2.45, 2.75) is 153 Å². The molecule has 65 heavy (non-hydrogen) atoms. The largest absolute Gasteiger partial charge is 0.327 e. The summed E-state index contributed by atoms with van der Waals surface area (Å²) in [6.45, 7) is 32.6. The zero-order valence-electron chi connectivity index (χ0n) is 41.5. The monoisotopic (exact) mass is 1050 g/mol. The molecule has 2 aliphatic carbocycles. The number of alkyl halides is 1.